The summed E-state index contributed by atoms with van der Waals surface area (Å²) in [5.74, 6) is 0.484. The summed E-state index contributed by atoms with van der Waals surface area (Å²) in [5, 5.41) is 20.7. The molecule has 1 aromatic heterocycles. The quantitative estimate of drug-likeness (QED) is 0.312. The minimum absolute atomic E-state index is 0.0433. The van der Waals surface area contributed by atoms with Crippen LogP contribution in [0.5, 0.6) is 17.2 Å². The zero-order valence-corrected chi connectivity index (χ0v) is 20.1. The molecule has 9 nitrogen and oxygen atoms in total. The average molecular weight is 515 g/mol. The van der Waals surface area contributed by atoms with Gasteiger partial charge in [0.05, 0.1) is 11.4 Å². The van der Waals surface area contributed by atoms with Gasteiger partial charge in [-0.05, 0) is 73.0 Å². The molecular weight excluding hydrogens is 491 g/mol. The summed E-state index contributed by atoms with van der Waals surface area (Å²) >= 11 is 0. The van der Waals surface area contributed by atoms with E-state index < -0.39 is 6.03 Å². The van der Waals surface area contributed by atoms with Gasteiger partial charge < -0.3 is 25.2 Å². The molecule has 1 saturated carbocycles. The fourth-order valence-electron chi connectivity index (χ4n) is 4.32. The Labute approximate surface area is 216 Å². The third kappa shape index (κ3) is 4.75. The number of hydrogen-bond acceptors (Lipinski definition) is 6. The van der Waals surface area contributed by atoms with Gasteiger partial charge in [-0.1, -0.05) is 12.1 Å². The minimum Gasteiger partial charge on any atom is -0.507 e. The van der Waals surface area contributed by atoms with Crippen molar-refractivity contribution >= 4 is 17.6 Å². The number of phenolic OH excluding ortho intramolecular Hbond substituents is 1. The minimum atomic E-state index is -0.450. The van der Waals surface area contributed by atoms with Crippen LogP contribution in [0, 0.1) is 5.82 Å². The number of benzene rings is 3. The molecule has 0 atom stereocenters. The van der Waals surface area contributed by atoms with Crippen LogP contribution in [-0.4, -0.2) is 33.6 Å². The highest BCUT2D eigenvalue weighted by atomic mass is 19.1. The molecule has 4 aromatic rings. The summed E-state index contributed by atoms with van der Waals surface area (Å²) in [6, 6.07) is 16.9. The summed E-state index contributed by atoms with van der Waals surface area (Å²) in [4.78, 5) is 25.8. The summed E-state index contributed by atoms with van der Waals surface area (Å²) in [5.41, 5.74) is 2.95. The normalized spacial score (nSPS) is 13.8. The third-order valence-corrected chi connectivity index (χ3v) is 6.42. The molecule has 1 fully saturated rings. The molecule has 192 valence electrons. The maximum absolute atomic E-state index is 13.5. The van der Waals surface area contributed by atoms with Crippen LogP contribution >= 0.6 is 0 Å². The maximum Gasteiger partial charge on any atom is 0.342 e. The molecule has 0 bridgehead atoms. The fourth-order valence-corrected chi connectivity index (χ4v) is 4.32. The second-order valence-corrected chi connectivity index (χ2v) is 9.18. The highest BCUT2D eigenvalue weighted by Crippen LogP contribution is 2.42. The van der Waals surface area contributed by atoms with Gasteiger partial charge in [0, 0.05) is 29.3 Å². The van der Waals surface area contributed by atoms with Crippen molar-refractivity contribution in [3.63, 3.8) is 0 Å². The summed E-state index contributed by atoms with van der Waals surface area (Å²) in [6.45, 7) is 0.253. The molecule has 1 aliphatic heterocycles. The number of aromatic nitrogens is 2. The Kier molecular flexibility index (Phi) is 5.91. The monoisotopic (exact) mass is 514 g/mol. The predicted octanol–water partition coefficient (Wildman–Crippen LogP) is 5.01. The molecule has 0 saturated heterocycles. The summed E-state index contributed by atoms with van der Waals surface area (Å²) < 4.78 is 25.4. The zero-order valence-electron chi connectivity index (χ0n) is 20.1. The second-order valence-electron chi connectivity index (χ2n) is 9.18. The average Bonchev–Trinajstić information content (AvgIpc) is 3.48. The van der Waals surface area contributed by atoms with E-state index in [9.17, 15) is 19.1 Å². The first kappa shape index (κ1) is 23.5. The smallest absolute Gasteiger partial charge is 0.342 e. The molecule has 0 radical (unpaired) electrons. The van der Waals surface area contributed by atoms with E-state index in [2.05, 4.69) is 15.7 Å². The molecule has 3 N–H and O–H groups in total. The van der Waals surface area contributed by atoms with Gasteiger partial charge in [-0.25, -0.2) is 9.18 Å². The molecule has 6 rings (SSSR count). The number of hydrogen-bond donors (Lipinski definition) is 3. The van der Waals surface area contributed by atoms with E-state index >= 15 is 0 Å². The Balaban J connectivity index is 1.23. The predicted molar refractivity (Wildman–Crippen MR) is 136 cm³/mol. The zero-order chi connectivity index (χ0) is 26.2. The number of nitrogens with zero attached hydrogens (tertiary/aromatic N) is 2. The van der Waals surface area contributed by atoms with Crippen molar-refractivity contribution in [3.05, 3.63) is 89.4 Å². The molecule has 1 aliphatic carbocycles. The molecule has 2 heterocycles. The maximum atomic E-state index is 13.5. The number of aromatic hydroxyl groups is 1. The van der Waals surface area contributed by atoms with Crippen LogP contribution < -0.4 is 20.1 Å². The first-order chi connectivity index (χ1) is 18.4. The van der Waals surface area contributed by atoms with Gasteiger partial charge in [-0.3, -0.25) is 4.79 Å². The molecule has 0 spiro atoms. The van der Waals surface area contributed by atoms with Gasteiger partial charge in [-0.2, -0.15) is 9.78 Å². The van der Waals surface area contributed by atoms with E-state index in [0.717, 1.165) is 18.5 Å². The molecule has 0 unspecified atom stereocenters. The number of phenols is 1. The number of anilines is 1. The van der Waals surface area contributed by atoms with E-state index in [1.165, 1.54) is 22.9 Å². The van der Waals surface area contributed by atoms with Crippen molar-refractivity contribution in [3.8, 4) is 28.5 Å². The first-order valence-corrected chi connectivity index (χ1v) is 12.1. The van der Waals surface area contributed by atoms with Gasteiger partial charge in [0.15, 0.2) is 11.5 Å². The number of ether oxygens (including phenoxy) is 2. The van der Waals surface area contributed by atoms with E-state index in [0.29, 0.717) is 39.6 Å². The number of carbonyl (C=O) groups is 2. The van der Waals surface area contributed by atoms with Crippen LogP contribution in [0.4, 0.5) is 14.9 Å². The van der Waals surface area contributed by atoms with Crippen molar-refractivity contribution in [1.82, 2.24) is 15.1 Å². The van der Waals surface area contributed by atoms with Crippen LogP contribution in [0.2, 0.25) is 0 Å². The van der Waals surface area contributed by atoms with Gasteiger partial charge in [0.1, 0.15) is 11.6 Å². The second kappa shape index (κ2) is 9.55. The van der Waals surface area contributed by atoms with Crippen LogP contribution in [0.1, 0.15) is 40.4 Å². The molecule has 38 heavy (non-hydrogen) atoms. The largest absolute Gasteiger partial charge is 0.507 e. The number of carbonyl (C=O) groups excluding carboxylic acids is 2. The lowest BCUT2D eigenvalue weighted by molar-refractivity contribution is 0.102. The highest BCUT2D eigenvalue weighted by Gasteiger charge is 2.31. The van der Waals surface area contributed by atoms with E-state index in [-0.39, 0.29) is 36.7 Å². The number of halogens is 1. The Bertz CT molecular complexity index is 1560. The van der Waals surface area contributed by atoms with Crippen LogP contribution in [0.15, 0.2) is 66.7 Å². The number of rotatable bonds is 6. The van der Waals surface area contributed by atoms with Crippen LogP contribution in [0.25, 0.3) is 11.3 Å². The number of nitrogens with one attached hydrogen (secondary N) is 2. The molecule has 2 amide bonds. The van der Waals surface area contributed by atoms with Crippen molar-refractivity contribution in [2.24, 2.45) is 0 Å². The van der Waals surface area contributed by atoms with Crippen molar-refractivity contribution in [1.29, 1.82) is 0 Å². The number of fused-ring (bicyclic) bond motifs is 1. The molecule has 2 aliphatic rings. The number of amides is 2. The Hall–Kier alpha value is -4.86. The standard InChI is InChI=1S/C28H23FN4O5/c29-19-3-1-2-16(10-19)14-30-28(36)33-23(17-4-5-17)13-22(32-33)21-12-20(7-8-24(21)34)31-27(35)18-6-9-25-26(11-18)38-15-37-25/h1-3,6-13,17,34H,4-5,14-15H2,(H,30,36)(H,31,35). The molecular formula is C28H23FN4O5. The summed E-state index contributed by atoms with van der Waals surface area (Å²) in [6.07, 6.45) is 1.86. The molecule has 10 heteroatoms. The lowest BCUT2D eigenvalue weighted by atomic mass is 10.1. The van der Waals surface area contributed by atoms with E-state index in [1.54, 1.807) is 48.5 Å². The van der Waals surface area contributed by atoms with Crippen molar-refractivity contribution in [2.45, 2.75) is 25.3 Å². The third-order valence-electron chi connectivity index (χ3n) is 6.42. The van der Waals surface area contributed by atoms with Crippen LogP contribution in [-0.2, 0) is 6.54 Å². The fraction of sp³-hybridized carbons (Fsp3) is 0.179. The van der Waals surface area contributed by atoms with Gasteiger partial charge in [-0.15, -0.1) is 0 Å². The van der Waals surface area contributed by atoms with Crippen molar-refractivity contribution < 1.29 is 28.6 Å². The first-order valence-electron chi connectivity index (χ1n) is 12.1. The Morgan fingerprint density at radius 2 is 1.87 bits per heavy atom. The van der Waals surface area contributed by atoms with E-state index in [4.69, 9.17) is 9.47 Å². The summed E-state index contributed by atoms with van der Waals surface area (Å²) in [7, 11) is 0. The lowest BCUT2D eigenvalue weighted by Gasteiger charge is -2.09. The van der Waals surface area contributed by atoms with Gasteiger partial charge >= 0.3 is 6.03 Å². The lowest BCUT2D eigenvalue weighted by Crippen LogP contribution is -2.30. The SMILES string of the molecule is O=C(Nc1ccc(O)c(-c2cc(C3CC3)n(C(=O)NCc3cccc(F)c3)n2)c1)c1ccc2c(c1)OCO2. The van der Waals surface area contributed by atoms with E-state index in [1.807, 2.05) is 0 Å². The van der Waals surface area contributed by atoms with Crippen LogP contribution in [0.3, 0.4) is 0 Å². The van der Waals surface area contributed by atoms with Gasteiger partial charge in [0.25, 0.3) is 5.91 Å². The highest BCUT2D eigenvalue weighted by molar-refractivity contribution is 6.05. The topological polar surface area (TPSA) is 115 Å². The Morgan fingerprint density at radius 1 is 1.03 bits per heavy atom. The van der Waals surface area contributed by atoms with Gasteiger partial charge in [0.2, 0.25) is 6.79 Å². The Morgan fingerprint density at radius 3 is 2.68 bits per heavy atom. The molecule has 3 aromatic carbocycles. The van der Waals surface area contributed by atoms with Crippen molar-refractivity contribution in [2.75, 3.05) is 12.1 Å².